The predicted molar refractivity (Wildman–Crippen MR) is 127 cm³/mol. The van der Waals surface area contributed by atoms with Crippen molar-refractivity contribution in [3.63, 3.8) is 0 Å². The van der Waals surface area contributed by atoms with Crippen molar-refractivity contribution >= 4 is 40.8 Å². The molecule has 10 heteroatoms. The van der Waals surface area contributed by atoms with Gasteiger partial charge in [-0.25, -0.2) is 4.98 Å². The molecule has 0 saturated carbocycles. The smallest absolute Gasteiger partial charge is 0.311 e. The third-order valence-corrected chi connectivity index (χ3v) is 4.42. The van der Waals surface area contributed by atoms with Gasteiger partial charge in [-0.15, -0.1) is 10.2 Å². The summed E-state index contributed by atoms with van der Waals surface area (Å²) in [6.45, 7) is 1.65. The Bertz CT molecular complexity index is 1200. The van der Waals surface area contributed by atoms with Crippen LogP contribution in [0.25, 0.3) is 0 Å². The highest BCUT2D eigenvalue weighted by Crippen LogP contribution is 2.30. The van der Waals surface area contributed by atoms with Gasteiger partial charge in [0.25, 0.3) is 5.91 Å². The van der Waals surface area contributed by atoms with Crippen molar-refractivity contribution in [2.24, 2.45) is 10.2 Å². The van der Waals surface area contributed by atoms with Gasteiger partial charge in [-0.2, -0.15) is 0 Å². The first-order valence-corrected chi connectivity index (χ1v) is 10.6. The van der Waals surface area contributed by atoms with Gasteiger partial charge in [0.15, 0.2) is 11.6 Å². The standard InChI is InChI=1S/C24H24N6O4/c1-2-8-22(32)34-19-12-7-6-11-17(19)29-30-18-13-14-20(28-23(18)25)27-21(31)15-26-24(33)16-9-4-3-5-10-16/h3-7,9-14H,2,8,15H2,1H3,(H,26,33)(H3,25,27,28,31)/b30-29+. The number of nitrogens with one attached hydrogen (secondary N) is 2. The zero-order valence-corrected chi connectivity index (χ0v) is 18.5. The van der Waals surface area contributed by atoms with Crippen molar-refractivity contribution in [1.82, 2.24) is 10.3 Å². The highest BCUT2D eigenvalue weighted by Gasteiger charge is 2.11. The van der Waals surface area contributed by atoms with Gasteiger partial charge >= 0.3 is 5.97 Å². The first-order valence-electron chi connectivity index (χ1n) is 10.6. The van der Waals surface area contributed by atoms with Crippen molar-refractivity contribution in [3.8, 4) is 5.75 Å². The number of amides is 2. The van der Waals surface area contributed by atoms with Crippen LogP contribution in [0, 0.1) is 0 Å². The molecular formula is C24H24N6O4. The lowest BCUT2D eigenvalue weighted by Crippen LogP contribution is -2.33. The summed E-state index contributed by atoms with van der Waals surface area (Å²) in [7, 11) is 0. The molecule has 1 aromatic heterocycles. The van der Waals surface area contributed by atoms with Crippen LogP contribution in [0.5, 0.6) is 5.75 Å². The molecule has 0 aliphatic heterocycles. The minimum absolute atomic E-state index is 0.0373. The first kappa shape index (κ1) is 24.1. The Morgan fingerprint density at radius 1 is 0.941 bits per heavy atom. The van der Waals surface area contributed by atoms with E-state index in [2.05, 4.69) is 25.8 Å². The maximum Gasteiger partial charge on any atom is 0.311 e. The predicted octanol–water partition coefficient (Wildman–Crippen LogP) is 4.15. The fourth-order valence-corrected chi connectivity index (χ4v) is 2.77. The van der Waals surface area contributed by atoms with Crippen molar-refractivity contribution in [2.45, 2.75) is 19.8 Å². The lowest BCUT2D eigenvalue weighted by molar-refractivity contribution is -0.134. The number of carbonyl (C=O) groups excluding carboxylic acids is 3. The zero-order valence-electron chi connectivity index (χ0n) is 18.5. The molecule has 0 radical (unpaired) electrons. The second-order valence-corrected chi connectivity index (χ2v) is 7.09. The van der Waals surface area contributed by atoms with Crippen LogP contribution in [-0.4, -0.2) is 29.3 Å². The normalized spacial score (nSPS) is 10.6. The lowest BCUT2D eigenvalue weighted by atomic mass is 10.2. The number of carbonyl (C=O) groups is 3. The Balaban J connectivity index is 1.60. The van der Waals surface area contributed by atoms with Crippen LogP contribution in [0.2, 0.25) is 0 Å². The third-order valence-electron chi connectivity index (χ3n) is 4.42. The fraction of sp³-hybridized carbons (Fsp3) is 0.167. The Kier molecular flexibility index (Phi) is 8.39. The number of esters is 1. The van der Waals surface area contributed by atoms with E-state index in [1.165, 1.54) is 12.1 Å². The lowest BCUT2D eigenvalue weighted by Gasteiger charge is -2.08. The fourth-order valence-electron chi connectivity index (χ4n) is 2.77. The SMILES string of the molecule is CCCC(=O)Oc1ccccc1/N=N/c1ccc(NC(=O)CNC(=O)c2ccccc2)nc1N. The maximum atomic E-state index is 12.1. The Morgan fingerprint density at radius 2 is 1.65 bits per heavy atom. The molecule has 0 fully saturated rings. The van der Waals surface area contributed by atoms with E-state index in [1.807, 2.05) is 6.92 Å². The number of azo groups is 1. The summed E-state index contributed by atoms with van der Waals surface area (Å²) in [6.07, 6.45) is 0.971. The van der Waals surface area contributed by atoms with Crippen LogP contribution in [0.4, 0.5) is 23.0 Å². The van der Waals surface area contributed by atoms with Gasteiger partial charge in [-0.05, 0) is 42.8 Å². The maximum absolute atomic E-state index is 12.1. The van der Waals surface area contributed by atoms with Gasteiger partial charge in [0, 0.05) is 12.0 Å². The number of rotatable bonds is 9. The van der Waals surface area contributed by atoms with Crippen LogP contribution in [0.3, 0.4) is 0 Å². The third kappa shape index (κ3) is 6.95. The average molecular weight is 460 g/mol. The molecular weight excluding hydrogens is 436 g/mol. The summed E-state index contributed by atoms with van der Waals surface area (Å²) < 4.78 is 5.32. The summed E-state index contributed by atoms with van der Waals surface area (Å²) >= 11 is 0. The number of ether oxygens (including phenoxy) is 1. The Labute approximate surface area is 196 Å². The van der Waals surface area contributed by atoms with Gasteiger partial charge in [-0.3, -0.25) is 14.4 Å². The summed E-state index contributed by atoms with van der Waals surface area (Å²) in [5.41, 5.74) is 7.03. The van der Waals surface area contributed by atoms with Gasteiger partial charge in [0.2, 0.25) is 5.91 Å². The molecule has 0 atom stereocenters. The molecule has 34 heavy (non-hydrogen) atoms. The minimum Gasteiger partial charge on any atom is -0.424 e. The number of aromatic nitrogens is 1. The van der Waals surface area contributed by atoms with E-state index in [9.17, 15) is 14.4 Å². The molecule has 0 aliphatic carbocycles. The topological polar surface area (TPSA) is 148 Å². The Morgan fingerprint density at radius 3 is 2.38 bits per heavy atom. The monoisotopic (exact) mass is 460 g/mol. The largest absolute Gasteiger partial charge is 0.424 e. The number of hydrogen-bond acceptors (Lipinski definition) is 8. The van der Waals surface area contributed by atoms with Gasteiger partial charge in [-0.1, -0.05) is 37.3 Å². The average Bonchev–Trinajstić information content (AvgIpc) is 2.83. The van der Waals surface area contributed by atoms with E-state index in [4.69, 9.17) is 10.5 Å². The summed E-state index contributed by atoms with van der Waals surface area (Å²) in [5.74, 6) is -0.656. The van der Waals surface area contributed by atoms with Gasteiger partial charge in [0.1, 0.15) is 17.2 Å². The summed E-state index contributed by atoms with van der Waals surface area (Å²) in [6, 6.07) is 18.3. The summed E-state index contributed by atoms with van der Waals surface area (Å²) in [5, 5.41) is 13.3. The van der Waals surface area contributed by atoms with Gasteiger partial charge < -0.3 is 21.1 Å². The number of benzene rings is 2. The van der Waals surface area contributed by atoms with Crippen LogP contribution >= 0.6 is 0 Å². The number of nitrogens with two attached hydrogens (primary N) is 1. The zero-order chi connectivity index (χ0) is 24.3. The number of para-hydroxylation sites is 1. The van der Waals surface area contributed by atoms with Crippen molar-refractivity contribution in [1.29, 1.82) is 0 Å². The molecule has 3 rings (SSSR count). The van der Waals surface area contributed by atoms with Crippen molar-refractivity contribution in [2.75, 3.05) is 17.6 Å². The van der Waals surface area contributed by atoms with Crippen LogP contribution in [-0.2, 0) is 9.59 Å². The molecule has 2 amide bonds. The van der Waals surface area contributed by atoms with E-state index in [0.717, 1.165) is 0 Å². The van der Waals surface area contributed by atoms with Crippen LogP contribution in [0.1, 0.15) is 30.1 Å². The van der Waals surface area contributed by atoms with Crippen LogP contribution < -0.4 is 21.1 Å². The molecule has 3 aromatic rings. The van der Waals surface area contributed by atoms with E-state index in [-0.39, 0.29) is 41.5 Å². The minimum atomic E-state index is -0.464. The van der Waals surface area contributed by atoms with E-state index in [0.29, 0.717) is 24.1 Å². The highest BCUT2D eigenvalue weighted by molar-refractivity contribution is 5.99. The molecule has 0 spiro atoms. The number of nitrogens with zero attached hydrogens (tertiary/aromatic N) is 3. The molecule has 0 unspecified atom stereocenters. The van der Waals surface area contributed by atoms with Crippen LogP contribution in [0.15, 0.2) is 77.0 Å². The molecule has 0 saturated heterocycles. The van der Waals surface area contributed by atoms with Crippen molar-refractivity contribution in [3.05, 3.63) is 72.3 Å². The molecule has 0 aliphatic rings. The number of pyridine rings is 1. The first-order chi connectivity index (χ1) is 16.5. The molecule has 10 nitrogen and oxygen atoms in total. The molecule has 0 bridgehead atoms. The second kappa shape index (κ2) is 11.9. The second-order valence-electron chi connectivity index (χ2n) is 7.09. The van der Waals surface area contributed by atoms with E-state index >= 15 is 0 Å². The molecule has 2 aromatic carbocycles. The van der Waals surface area contributed by atoms with Gasteiger partial charge in [0.05, 0.1) is 6.54 Å². The number of hydrogen-bond donors (Lipinski definition) is 3. The molecule has 1 heterocycles. The highest BCUT2D eigenvalue weighted by atomic mass is 16.5. The number of anilines is 2. The molecule has 4 N–H and O–H groups in total. The van der Waals surface area contributed by atoms with E-state index in [1.54, 1.807) is 54.6 Å². The van der Waals surface area contributed by atoms with E-state index < -0.39 is 5.91 Å². The summed E-state index contributed by atoms with van der Waals surface area (Å²) in [4.78, 5) is 40.1. The molecule has 174 valence electrons. The Hall–Kier alpha value is -4.60. The van der Waals surface area contributed by atoms with Crippen molar-refractivity contribution < 1.29 is 19.1 Å². The number of nitrogen functional groups attached to an aromatic ring is 1. The quantitative estimate of drug-likeness (QED) is 0.248.